The van der Waals surface area contributed by atoms with E-state index < -0.39 is 0 Å². The topological polar surface area (TPSA) is 66.5 Å². The summed E-state index contributed by atoms with van der Waals surface area (Å²) in [5.41, 5.74) is 5.61. The summed E-state index contributed by atoms with van der Waals surface area (Å²) in [7, 11) is 0. The van der Waals surface area contributed by atoms with Crippen LogP contribution in [0.4, 0.5) is 0 Å². The fraction of sp³-hybridized carbons (Fsp3) is 0.375. The number of hydrogen-bond donors (Lipinski definition) is 1. The molecule has 4 aliphatic rings. The second kappa shape index (κ2) is 7.14. The van der Waals surface area contributed by atoms with E-state index in [-0.39, 0.29) is 43.5 Å². The zero-order valence-corrected chi connectivity index (χ0v) is 16.3. The highest BCUT2D eigenvalue weighted by Crippen LogP contribution is 2.55. The standard InChI is InChI=1S/C24H24N2O3/c27-21(11-12-26-22(28)9-10-23(26)29)25-14-15-13-20-16-5-1-3-7-18(16)24(15)19-8-4-2-6-17(19)20/h1-8,15,20,24H,9-14H2,(H,25,27)/t15-,20?,24?/m0/s1. The number of benzene rings is 2. The van der Waals surface area contributed by atoms with Crippen LogP contribution in [0.3, 0.4) is 0 Å². The van der Waals surface area contributed by atoms with Crippen molar-refractivity contribution in [2.24, 2.45) is 5.92 Å². The minimum atomic E-state index is -0.166. The summed E-state index contributed by atoms with van der Waals surface area (Å²) in [5, 5.41) is 3.06. The van der Waals surface area contributed by atoms with Gasteiger partial charge < -0.3 is 5.32 Å². The maximum atomic E-state index is 12.4. The molecule has 1 saturated heterocycles. The maximum absolute atomic E-state index is 12.4. The second-order valence-electron chi connectivity index (χ2n) is 8.28. The number of hydrogen-bond acceptors (Lipinski definition) is 3. The van der Waals surface area contributed by atoms with Crippen LogP contribution in [0.5, 0.6) is 0 Å². The smallest absolute Gasteiger partial charge is 0.229 e. The van der Waals surface area contributed by atoms with Crippen LogP contribution in [0.2, 0.25) is 0 Å². The van der Waals surface area contributed by atoms with Crippen LogP contribution in [0.15, 0.2) is 48.5 Å². The number of likely N-dealkylation sites (tertiary alicyclic amines) is 1. The van der Waals surface area contributed by atoms with Crippen LogP contribution in [-0.2, 0) is 14.4 Å². The summed E-state index contributed by atoms with van der Waals surface area (Å²) in [6.07, 6.45) is 1.74. The molecule has 0 spiro atoms. The monoisotopic (exact) mass is 388 g/mol. The Kier molecular flexibility index (Phi) is 4.46. The Morgan fingerprint density at radius 1 is 0.897 bits per heavy atom. The van der Waals surface area contributed by atoms with E-state index in [1.54, 1.807) is 0 Å². The van der Waals surface area contributed by atoms with Gasteiger partial charge in [-0.1, -0.05) is 48.5 Å². The number of rotatable bonds is 5. The molecule has 2 bridgehead atoms. The van der Waals surface area contributed by atoms with E-state index in [9.17, 15) is 14.4 Å². The molecule has 3 amide bonds. The van der Waals surface area contributed by atoms with Gasteiger partial charge in [-0.15, -0.1) is 0 Å². The molecule has 0 unspecified atom stereocenters. The van der Waals surface area contributed by atoms with E-state index in [4.69, 9.17) is 0 Å². The molecule has 6 rings (SSSR count). The third kappa shape index (κ3) is 3.05. The number of nitrogens with one attached hydrogen (secondary N) is 1. The molecule has 5 heteroatoms. The van der Waals surface area contributed by atoms with Crippen molar-refractivity contribution < 1.29 is 14.4 Å². The predicted octanol–water partition coefficient (Wildman–Crippen LogP) is 2.94. The van der Waals surface area contributed by atoms with Crippen molar-refractivity contribution >= 4 is 17.7 Å². The highest BCUT2D eigenvalue weighted by molar-refractivity contribution is 6.02. The Bertz CT molecular complexity index is 936. The van der Waals surface area contributed by atoms with Crippen molar-refractivity contribution in [1.82, 2.24) is 10.2 Å². The Hall–Kier alpha value is -2.95. The van der Waals surface area contributed by atoms with E-state index >= 15 is 0 Å². The van der Waals surface area contributed by atoms with Crippen molar-refractivity contribution in [1.29, 1.82) is 0 Å². The molecular formula is C24H24N2O3. The summed E-state index contributed by atoms with van der Waals surface area (Å²) >= 11 is 0. The number of carbonyl (C=O) groups excluding carboxylic acids is 3. The first-order valence-electron chi connectivity index (χ1n) is 10.4. The van der Waals surface area contributed by atoms with Gasteiger partial charge in [0.05, 0.1) is 0 Å². The molecule has 1 N–H and O–H groups in total. The first kappa shape index (κ1) is 18.1. The lowest BCUT2D eigenvalue weighted by molar-refractivity contribution is -0.138. The summed E-state index contributed by atoms with van der Waals surface area (Å²) in [6, 6.07) is 17.3. The molecule has 3 aliphatic carbocycles. The molecule has 5 nitrogen and oxygen atoms in total. The predicted molar refractivity (Wildman–Crippen MR) is 108 cm³/mol. The van der Waals surface area contributed by atoms with E-state index in [0.29, 0.717) is 24.3 Å². The lowest BCUT2D eigenvalue weighted by Crippen LogP contribution is -2.40. The molecule has 2 aromatic carbocycles. The molecule has 1 heterocycles. The lowest BCUT2D eigenvalue weighted by Gasteiger charge is -2.45. The van der Waals surface area contributed by atoms with Crippen molar-refractivity contribution in [2.75, 3.05) is 13.1 Å². The first-order valence-corrected chi connectivity index (χ1v) is 10.4. The van der Waals surface area contributed by atoms with Gasteiger partial charge in [0.15, 0.2) is 0 Å². The molecule has 1 atom stereocenters. The fourth-order valence-corrected chi connectivity index (χ4v) is 5.38. The largest absolute Gasteiger partial charge is 0.356 e. The van der Waals surface area contributed by atoms with E-state index in [1.165, 1.54) is 27.2 Å². The minimum Gasteiger partial charge on any atom is -0.356 e. The average molecular weight is 388 g/mol. The SMILES string of the molecule is O=C(CCN1C(=O)CCC1=O)NC[C@@H]1CC2c3ccccc3C1c1ccccc12. The summed E-state index contributed by atoms with van der Waals surface area (Å²) < 4.78 is 0. The third-order valence-corrected chi connectivity index (χ3v) is 6.70. The quantitative estimate of drug-likeness (QED) is 0.801. The summed E-state index contributed by atoms with van der Waals surface area (Å²) in [4.78, 5) is 37.0. The molecule has 148 valence electrons. The lowest BCUT2D eigenvalue weighted by atomic mass is 9.59. The van der Waals surface area contributed by atoms with Gasteiger partial charge in [0.1, 0.15) is 0 Å². The van der Waals surface area contributed by atoms with Gasteiger partial charge in [0.2, 0.25) is 17.7 Å². The van der Waals surface area contributed by atoms with Crippen molar-refractivity contribution in [3.8, 4) is 0 Å². The molecule has 0 aromatic heterocycles. The fourth-order valence-electron chi connectivity index (χ4n) is 5.38. The van der Waals surface area contributed by atoms with Crippen LogP contribution in [-0.4, -0.2) is 35.7 Å². The zero-order chi connectivity index (χ0) is 20.0. The normalized spacial score (nSPS) is 24.4. The van der Waals surface area contributed by atoms with Crippen LogP contribution in [0, 0.1) is 5.92 Å². The highest BCUT2D eigenvalue weighted by atomic mass is 16.2. The number of nitrogens with zero attached hydrogens (tertiary/aromatic N) is 1. The van der Waals surface area contributed by atoms with Crippen LogP contribution < -0.4 is 5.32 Å². The Morgan fingerprint density at radius 2 is 1.45 bits per heavy atom. The molecule has 0 saturated carbocycles. The number of carbonyl (C=O) groups is 3. The summed E-state index contributed by atoms with van der Waals surface area (Å²) in [6.45, 7) is 0.802. The maximum Gasteiger partial charge on any atom is 0.229 e. The van der Waals surface area contributed by atoms with Crippen LogP contribution in [0.25, 0.3) is 0 Å². The highest BCUT2D eigenvalue weighted by Gasteiger charge is 2.42. The van der Waals surface area contributed by atoms with Crippen LogP contribution in [0.1, 0.15) is 59.8 Å². The third-order valence-electron chi connectivity index (χ3n) is 6.70. The summed E-state index contributed by atoms with van der Waals surface area (Å²) in [5.74, 6) is 0.606. The van der Waals surface area contributed by atoms with Gasteiger partial charge in [-0.05, 0) is 34.6 Å². The van der Waals surface area contributed by atoms with Crippen molar-refractivity contribution in [3.05, 3.63) is 70.8 Å². The minimum absolute atomic E-state index is 0.0967. The van der Waals surface area contributed by atoms with Crippen molar-refractivity contribution in [2.45, 2.75) is 37.5 Å². The number of fused-ring (bicyclic) bond motifs is 1. The Morgan fingerprint density at radius 3 is 2.03 bits per heavy atom. The van der Waals surface area contributed by atoms with Gasteiger partial charge in [0, 0.05) is 44.2 Å². The van der Waals surface area contributed by atoms with E-state index in [2.05, 4.69) is 53.8 Å². The average Bonchev–Trinajstić information content (AvgIpc) is 3.08. The van der Waals surface area contributed by atoms with Gasteiger partial charge in [-0.3, -0.25) is 19.3 Å². The first-order chi connectivity index (χ1) is 14.1. The van der Waals surface area contributed by atoms with E-state index in [0.717, 1.165) is 6.42 Å². The van der Waals surface area contributed by atoms with Crippen LogP contribution >= 0.6 is 0 Å². The molecular weight excluding hydrogens is 364 g/mol. The van der Waals surface area contributed by atoms with Gasteiger partial charge in [-0.2, -0.15) is 0 Å². The van der Waals surface area contributed by atoms with Gasteiger partial charge in [-0.25, -0.2) is 0 Å². The Balaban J connectivity index is 1.28. The molecule has 2 aromatic rings. The van der Waals surface area contributed by atoms with Crippen molar-refractivity contribution in [3.63, 3.8) is 0 Å². The second-order valence-corrected chi connectivity index (χ2v) is 8.28. The number of amides is 3. The molecule has 1 aliphatic heterocycles. The Labute approximate surface area is 170 Å². The number of imide groups is 1. The van der Waals surface area contributed by atoms with E-state index in [1.807, 2.05) is 0 Å². The zero-order valence-electron chi connectivity index (χ0n) is 16.3. The van der Waals surface area contributed by atoms with Gasteiger partial charge in [0.25, 0.3) is 0 Å². The molecule has 29 heavy (non-hydrogen) atoms. The molecule has 1 fully saturated rings. The van der Waals surface area contributed by atoms with Gasteiger partial charge >= 0.3 is 0 Å². The molecule has 0 radical (unpaired) electrons.